The third-order valence-corrected chi connectivity index (χ3v) is 1.92. The van der Waals surface area contributed by atoms with Crippen molar-refractivity contribution < 1.29 is 0 Å². The van der Waals surface area contributed by atoms with Crippen molar-refractivity contribution in [1.29, 1.82) is 0 Å². The molecule has 8 heteroatoms. The molecule has 0 atom stereocenters. The number of nitrogens with one attached hydrogen (secondary N) is 1. The van der Waals surface area contributed by atoms with E-state index in [0.717, 1.165) is 0 Å². The SMILES string of the molecule is Nc1nc(-n2cncn2)c2[nH]cnc2n1. The zero-order valence-corrected chi connectivity index (χ0v) is 7.49. The number of aromatic nitrogens is 7. The van der Waals surface area contributed by atoms with Gasteiger partial charge in [-0.2, -0.15) is 15.1 Å². The average molecular weight is 202 g/mol. The van der Waals surface area contributed by atoms with E-state index in [1.165, 1.54) is 23.7 Å². The van der Waals surface area contributed by atoms with Crippen LogP contribution in [0.4, 0.5) is 5.95 Å². The van der Waals surface area contributed by atoms with Gasteiger partial charge in [0.05, 0.1) is 6.33 Å². The lowest BCUT2D eigenvalue weighted by Gasteiger charge is -2.00. The van der Waals surface area contributed by atoms with E-state index in [1.54, 1.807) is 0 Å². The molecule has 0 bridgehead atoms. The Kier molecular flexibility index (Phi) is 1.43. The first-order valence-corrected chi connectivity index (χ1v) is 4.16. The van der Waals surface area contributed by atoms with E-state index >= 15 is 0 Å². The van der Waals surface area contributed by atoms with Crippen LogP contribution in [0.1, 0.15) is 0 Å². The quantitative estimate of drug-likeness (QED) is 0.551. The topological polar surface area (TPSA) is 111 Å². The lowest BCUT2D eigenvalue weighted by molar-refractivity contribution is 0.849. The van der Waals surface area contributed by atoms with Gasteiger partial charge in [0.15, 0.2) is 11.5 Å². The number of anilines is 1. The van der Waals surface area contributed by atoms with Crippen LogP contribution in [0.5, 0.6) is 0 Å². The minimum atomic E-state index is 0.153. The predicted octanol–water partition coefficient (Wildman–Crippen LogP) is -0.484. The van der Waals surface area contributed by atoms with Crippen LogP contribution in [0.15, 0.2) is 19.0 Å². The van der Waals surface area contributed by atoms with Crippen molar-refractivity contribution in [1.82, 2.24) is 34.7 Å². The van der Waals surface area contributed by atoms with Gasteiger partial charge < -0.3 is 10.7 Å². The second kappa shape index (κ2) is 2.74. The number of nitrogens with zero attached hydrogens (tertiary/aromatic N) is 6. The van der Waals surface area contributed by atoms with Crippen LogP contribution in [-0.4, -0.2) is 34.7 Å². The molecule has 0 amide bonds. The Morgan fingerprint density at radius 2 is 2.27 bits per heavy atom. The lowest BCUT2D eigenvalue weighted by atomic mass is 10.5. The van der Waals surface area contributed by atoms with E-state index in [1.807, 2.05) is 0 Å². The first kappa shape index (κ1) is 7.85. The Hall–Kier alpha value is -2.51. The Labute approximate surface area is 83.2 Å². The average Bonchev–Trinajstić information content (AvgIpc) is 2.86. The number of fused-ring (bicyclic) bond motifs is 1. The molecule has 0 aliphatic carbocycles. The number of H-pyrrole nitrogens is 1. The molecule has 74 valence electrons. The van der Waals surface area contributed by atoms with Gasteiger partial charge in [-0.25, -0.2) is 14.6 Å². The van der Waals surface area contributed by atoms with Crippen molar-refractivity contribution in [2.75, 3.05) is 5.73 Å². The summed E-state index contributed by atoms with van der Waals surface area (Å²) < 4.78 is 1.50. The van der Waals surface area contributed by atoms with E-state index in [9.17, 15) is 0 Å². The molecule has 3 aromatic rings. The molecule has 0 aliphatic rings. The highest BCUT2D eigenvalue weighted by atomic mass is 15.4. The molecule has 15 heavy (non-hydrogen) atoms. The zero-order chi connectivity index (χ0) is 10.3. The van der Waals surface area contributed by atoms with Gasteiger partial charge in [0.1, 0.15) is 18.2 Å². The minimum Gasteiger partial charge on any atom is -0.368 e. The third kappa shape index (κ3) is 1.11. The molecule has 0 saturated heterocycles. The molecular formula is C7H6N8. The highest BCUT2D eigenvalue weighted by molar-refractivity contribution is 5.78. The molecule has 0 saturated carbocycles. The van der Waals surface area contributed by atoms with Crippen LogP contribution in [0.2, 0.25) is 0 Å². The van der Waals surface area contributed by atoms with Crippen molar-refractivity contribution in [3.05, 3.63) is 19.0 Å². The number of hydrogen-bond donors (Lipinski definition) is 2. The van der Waals surface area contributed by atoms with E-state index in [4.69, 9.17) is 5.73 Å². The third-order valence-electron chi connectivity index (χ3n) is 1.92. The molecule has 0 spiro atoms. The first-order valence-electron chi connectivity index (χ1n) is 4.16. The lowest BCUT2D eigenvalue weighted by Crippen LogP contribution is -2.04. The normalized spacial score (nSPS) is 10.9. The number of hydrogen-bond acceptors (Lipinski definition) is 6. The monoisotopic (exact) mass is 202 g/mol. The summed E-state index contributed by atoms with van der Waals surface area (Å²) in [5.41, 5.74) is 6.74. The van der Waals surface area contributed by atoms with Crippen LogP contribution in [0.3, 0.4) is 0 Å². The van der Waals surface area contributed by atoms with E-state index in [2.05, 4.69) is 30.0 Å². The largest absolute Gasteiger partial charge is 0.368 e. The standard InChI is InChI=1S/C7H6N8/c8-7-13-5-4(10-2-11-5)6(14-7)15-3-9-1-12-15/h1-3H,(H3,8,10,11,13,14). The number of nitrogens with two attached hydrogens (primary N) is 1. The van der Waals surface area contributed by atoms with Crippen molar-refractivity contribution in [3.63, 3.8) is 0 Å². The van der Waals surface area contributed by atoms with Crippen LogP contribution < -0.4 is 5.73 Å². The fraction of sp³-hybridized carbons (Fsp3) is 0. The number of imidazole rings is 1. The predicted molar refractivity (Wildman–Crippen MR) is 51.0 cm³/mol. The Balaban J connectivity index is 2.38. The molecule has 0 fully saturated rings. The molecule has 0 radical (unpaired) electrons. The van der Waals surface area contributed by atoms with E-state index in [0.29, 0.717) is 17.0 Å². The first-order chi connectivity index (χ1) is 7.34. The van der Waals surface area contributed by atoms with E-state index in [-0.39, 0.29) is 5.95 Å². The number of nitrogen functional groups attached to an aromatic ring is 1. The molecule has 0 aliphatic heterocycles. The summed E-state index contributed by atoms with van der Waals surface area (Å²) in [7, 11) is 0. The summed E-state index contributed by atoms with van der Waals surface area (Å²) >= 11 is 0. The van der Waals surface area contributed by atoms with Crippen molar-refractivity contribution in [3.8, 4) is 5.82 Å². The fourth-order valence-electron chi connectivity index (χ4n) is 1.32. The van der Waals surface area contributed by atoms with Crippen LogP contribution >= 0.6 is 0 Å². The molecular weight excluding hydrogens is 196 g/mol. The summed E-state index contributed by atoms with van der Waals surface area (Å²) in [5, 5.41) is 3.97. The van der Waals surface area contributed by atoms with Gasteiger partial charge in [-0.1, -0.05) is 0 Å². The maximum Gasteiger partial charge on any atom is 0.224 e. The maximum absolute atomic E-state index is 5.55. The molecule has 0 unspecified atom stereocenters. The van der Waals surface area contributed by atoms with Crippen molar-refractivity contribution in [2.45, 2.75) is 0 Å². The van der Waals surface area contributed by atoms with Crippen molar-refractivity contribution >= 4 is 17.1 Å². The molecule has 3 heterocycles. The second-order valence-corrected chi connectivity index (χ2v) is 2.85. The molecule has 3 rings (SSSR count). The number of rotatable bonds is 1. The summed E-state index contributed by atoms with van der Waals surface area (Å²) in [6.07, 6.45) is 4.47. The van der Waals surface area contributed by atoms with Gasteiger partial charge in [0, 0.05) is 0 Å². The highest BCUT2D eigenvalue weighted by Gasteiger charge is 2.10. The Morgan fingerprint density at radius 1 is 1.33 bits per heavy atom. The smallest absolute Gasteiger partial charge is 0.224 e. The molecule has 3 aromatic heterocycles. The van der Waals surface area contributed by atoms with Crippen LogP contribution in [0, 0.1) is 0 Å². The van der Waals surface area contributed by atoms with Crippen molar-refractivity contribution in [2.24, 2.45) is 0 Å². The van der Waals surface area contributed by atoms with Crippen LogP contribution in [0.25, 0.3) is 17.0 Å². The number of aromatic amines is 1. The molecule has 8 nitrogen and oxygen atoms in total. The minimum absolute atomic E-state index is 0.153. The highest BCUT2D eigenvalue weighted by Crippen LogP contribution is 2.14. The molecule has 3 N–H and O–H groups in total. The van der Waals surface area contributed by atoms with Crippen LogP contribution in [-0.2, 0) is 0 Å². The zero-order valence-electron chi connectivity index (χ0n) is 7.49. The molecule has 0 aromatic carbocycles. The summed E-state index contributed by atoms with van der Waals surface area (Å²) in [4.78, 5) is 18.8. The Bertz CT molecular complexity index is 595. The fourth-order valence-corrected chi connectivity index (χ4v) is 1.32. The summed E-state index contributed by atoms with van der Waals surface area (Å²) in [5.74, 6) is 0.688. The van der Waals surface area contributed by atoms with Gasteiger partial charge >= 0.3 is 0 Å². The van der Waals surface area contributed by atoms with Gasteiger partial charge in [-0.3, -0.25) is 0 Å². The van der Waals surface area contributed by atoms with Gasteiger partial charge in [-0.05, 0) is 0 Å². The second-order valence-electron chi connectivity index (χ2n) is 2.85. The maximum atomic E-state index is 5.55. The van der Waals surface area contributed by atoms with Gasteiger partial charge in [0.2, 0.25) is 5.95 Å². The summed E-state index contributed by atoms with van der Waals surface area (Å²) in [6.45, 7) is 0. The van der Waals surface area contributed by atoms with E-state index < -0.39 is 0 Å². The summed E-state index contributed by atoms with van der Waals surface area (Å²) in [6, 6.07) is 0. The van der Waals surface area contributed by atoms with Gasteiger partial charge in [0.25, 0.3) is 0 Å². The Morgan fingerprint density at radius 3 is 3.07 bits per heavy atom. The van der Waals surface area contributed by atoms with Gasteiger partial charge in [-0.15, -0.1) is 0 Å².